The molecule has 4 rings (SSSR count). The Balaban J connectivity index is 1.47. The van der Waals surface area contributed by atoms with Crippen molar-refractivity contribution in [3.63, 3.8) is 0 Å². The number of hydrogen-bond acceptors (Lipinski definition) is 4. The van der Waals surface area contributed by atoms with Crippen molar-refractivity contribution in [2.24, 2.45) is 11.0 Å². The number of hydrazone groups is 1. The number of carbonyl (C=O) groups is 1. The van der Waals surface area contributed by atoms with Crippen LogP contribution in [0.2, 0.25) is 5.02 Å². The lowest BCUT2D eigenvalue weighted by atomic mass is 9.99. The standard InChI is InChI=1S/C24H27ClN4O3S/c1-2-33(31,32)29-12-6-8-19(17-29)24(30)27-26-14-20-16-28(23-11-4-3-10-22(20)23)15-18-7-5-9-21(25)13-18/h3-5,7,9-11,13-14,16,19H,2,6,8,12,15,17H2,1H3,(H,27,30)/b26-14+. The molecule has 1 fully saturated rings. The summed E-state index contributed by atoms with van der Waals surface area (Å²) in [5.41, 5.74) is 5.63. The Morgan fingerprint density at radius 3 is 2.85 bits per heavy atom. The van der Waals surface area contributed by atoms with Gasteiger partial charge < -0.3 is 4.57 Å². The molecule has 3 aromatic rings. The molecule has 0 bridgehead atoms. The van der Waals surface area contributed by atoms with Gasteiger partial charge >= 0.3 is 0 Å². The van der Waals surface area contributed by atoms with Gasteiger partial charge in [0.2, 0.25) is 15.9 Å². The Morgan fingerprint density at radius 1 is 1.24 bits per heavy atom. The van der Waals surface area contributed by atoms with Crippen LogP contribution in [0, 0.1) is 5.92 Å². The quantitative estimate of drug-likeness (QED) is 0.406. The van der Waals surface area contributed by atoms with Crippen molar-refractivity contribution in [1.29, 1.82) is 0 Å². The van der Waals surface area contributed by atoms with E-state index in [1.807, 2.05) is 54.7 Å². The molecule has 0 spiro atoms. The minimum absolute atomic E-state index is 0.0404. The number of fused-ring (bicyclic) bond motifs is 1. The summed E-state index contributed by atoms with van der Waals surface area (Å²) in [6.45, 7) is 2.95. The fourth-order valence-corrected chi connectivity index (χ4v) is 5.58. The van der Waals surface area contributed by atoms with Gasteiger partial charge in [-0.25, -0.2) is 18.1 Å². The van der Waals surface area contributed by atoms with Crippen LogP contribution in [0.25, 0.3) is 10.9 Å². The molecule has 9 heteroatoms. The molecule has 7 nitrogen and oxygen atoms in total. The maximum absolute atomic E-state index is 12.6. The molecule has 1 aliphatic rings. The van der Waals surface area contributed by atoms with Crippen LogP contribution in [0.3, 0.4) is 0 Å². The smallest absolute Gasteiger partial charge is 0.244 e. The summed E-state index contributed by atoms with van der Waals surface area (Å²) in [6.07, 6.45) is 4.95. The van der Waals surface area contributed by atoms with Crippen LogP contribution in [0.1, 0.15) is 30.9 Å². The molecule has 174 valence electrons. The van der Waals surface area contributed by atoms with Crippen molar-refractivity contribution >= 4 is 44.6 Å². The summed E-state index contributed by atoms with van der Waals surface area (Å²) in [7, 11) is -3.30. The van der Waals surface area contributed by atoms with Crippen molar-refractivity contribution in [2.45, 2.75) is 26.3 Å². The van der Waals surface area contributed by atoms with Crippen molar-refractivity contribution in [1.82, 2.24) is 14.3 Å². The predicted octanol–water partition coefficient (Wildman–Crippen LogP) is 3.85. The van der Waals surface area contributed by atoms with Crippen LogP contribution in [-0.2, 0) is 21.4 Å². The van der Waals surface area contributed by atoms with Crippen molar-refractivity contribution < 1.29 is 13.2 Å². The first kappa shape index (κ1) is 23.5. The third kappa shape index (κ3) is 5.46. The van der Waals surface area contributed by atoms with Crippen LogP contribution >= 0.6 is 11.6 Å². The van der Waals surface area contributed by atoms with Gasteiger partial charge in [0.1, 0.15) is 0 Å². The molecule has 1 atom stereocenters. The Bertz CT molecular complexity index is 1290. The molecular formula is C24H27ClN4O3S. The zero-order chi connectivity index (χ0) is 23.4. The van der Waals surface area contributed by atoms with Crippen LogP contribution in [-0.4, -0.2) is 48.3 Å². The van der Waals surface area contributed by atoms with E-state index in [2.05, 4.69) is 15.1 Å². The van der Waals surface area contributed by atoms with Gasteiger partial charge in [0.15, 0.2) is 0 Å². The minimum Gasteiger partial charge on any atom is -0.342 e. The van der Waals surface area contributed by atoms with Gasteiger partial charge in [0.05, 0.1) is 17.9 Å². The first-order valence-electron chi connectivity index (χ1n) is 11.0. The summed E-state index contributed by atoms with van der Waals surface area (Å²) in [5, 5.41) is 5.90. The van der Waals surface area contributed by atoms with Crippen molar-refractivity contribution in [3.05, 3.63) is 70.9 Å². The van der Waals surface area contributed by atoms with E-state index in [9.17, 15) is 13.2 Å². The number of benzene rings is 2. The van der Waals surface area contributed by atoms with Gasteiger partial charge in [-0.05, 0) is 43.5 Å². The van der Waals surface area contributed by atoms with Gasteiger partial charge in [0, 0.05) is 47.3 Å². The molecule has 2 aromatic carbocycles. The average molecular weight is 487 g/mol. The Labute approximate surface area is 199 Å². The summed E-state index contributed by atoms with van der Waals surface area (Å²) in [4.78, 5) is 12.6. The average Bonchev–Trinajstić information content (AvgIpc) is 3.16. The van der Waals surface area contributed by atoms with Crippen LogP contribution in [0.4, 0.5) is 0 Å². The van der Waals surface area contributed by atoms with Crippen molar-refractivity contribution in [3.8, 4) is 0 Å². The van der Waals surface area contributed by atoms with E-state index < -0.39 is 15.9 Å². The van der Waals surface area contributed by atoms with E-state index in [0.717, 1.165) is 22.0 Å². The second kappa shape index (κ2) is 10.1. The highest BCUT2D eigenvalue weighted by molar-refractivity contribution is 7.89. The highest BCUT2D eigenvalue weighted by atomic mass is 35.5. The lowest BCUT2D eigenvalue weighted by Gasteiger charge is -2.30. The molecule has 1 amide bonds. The fraction of sp³-hybridized carbons (Fsp3) is 0.333. The number of sulfonamides is 1. The maximum atomic E-state index is 12.6. The van der Waals surface area contributed by atoms with Gasteiger partial charge in [0.25, 0.3) is 0 Å². The lowest BCUT2D eigenvalue weighted by molar-refractivity contribution is -0.126. The van der Waals surface area contributed by atoms with Crippen LogP contribution < -0.4 is 5.43 Å². The molecule has 1 aliphatic heterocycles. The summed E-state index contributed by atoms with van der Waals surface area (Å²) >= 11 is 6.13. The molecule has 1 unspecified atom stereocenters. The normalized spacial score (nSPS) is 17.6. The van der Waals surface area contributed by atoms with Gasteiger partial charge in [-0.2, -0.15) is 5.10 Å². The van der Waals surface area contributed by atoms with E-state index in [0.29, 0.717) is 31.0 Å². The highest BCUT2D eigenvalue weighted by Gasteiger charge is 2.31. The van der Waals surface area contributed by atoms with Gasteiger partial charge in [-0.15, -0.1) is 0 Å². The molecule has 1 aromatic heterocycles. The molecular weight excluding hydrogens is 460 g/mol. The Hall–Kier alpha value is -2.68. The molecule has 2 heterocycles. The third-order valence-electron chi connectivity index (χ3n) is 5.95. The number of aromatic nitrogens is 1. The van der Waals surface area contributed by atoms with Gasteiger partial charge in [-0.3, -0.25) is 4.79 Å². The molecule has 0 saturated carbocycles. The van der Waals surface area contributed by atoms with E-state index in [-0.39, 0.29) is 18.2 Å². The molecule has 0 aliphatic carbocycles. The lowest BCUT2D eigenvalue weighted by Crippen LogP contribution is -2.45. The molecule has 1 saturated heterocycles. The molecule has 33 heavy (non-hydrogen) atoms. The monoisotopic (exact) mass is 486 g/mol. The van der Waals surface area contributed by atoms with Crippen LogP contribution in [0.15, 0.2) is 59.8 Å². The zero-order valence-corrected chi connectivity index (χ0v) is 20.0. The topological polar surface area (TPSA) is 83.8 Å². The predicted molar refractivity (Wildman–Crippen MR) is 132 cm³/mol. The number of halogens is 1. The van der Waals surface area contributed by atoms with E-state index in [1.54, 1.807) is 13.1 Å². The number of para-hydroxylation sites is 1. The summed E-state index contributed by atoms with van der Waals surface area (Å²) in [5.74, 6) is -0.620. The number of piperidine rings is 1. The molecule has 1 N–H and O–H groups in total. The maximum Gasteiger partial charge on any atom is 0.244 e. The number of nitrogens with zero attached hydrogens (tertiary/aromatic N) is 3. The fourth-order valence-electron chi connectivity index (χ4n) is 4.19. The first-order valence-corrected chi connectivity index (χ1v) is 13.0. The third-order valence-corrected chi connectivity index (χ3v) is 8.04. The largest absolute Gasteiger partial charge is 0.342 e. The first-order chi connectivity index (χ1) is 15.9. The SMILES string of the molecule is CCS(=O)(=O)N1CCCC(C(=O)N/N=C/c2cn(Cc3cccc(Cl)c3)c3ccccc23)C1. The summed E-state index contributed by atoms with van der Waals surface area (Å²) in [6, 6.07) is 15.8. The summed E-state index contributed by atoms with van der Waals surface area (Å²) < 4.78 is 27.8. The Morgan fingerprint density at radius 2 is 2.06 bits per heavy atom. The highest BCUT2D eigenvalue weighted by Crippen LogP contribution is 2.23. The zero-order valence-electron chi connectivity index (χ0n) is 18.4. The minimum atomic E-state index is -3.30. The van der Waals surface area contributed by atoms with Crippen molar-refractivity contribution in [2.75, 3.05) is 18.8 Å². The number of carbonyl (C=O) groups excluding carboxylic acids is 1. The second-order valence-corrected chi connectivity index (χ2v) is 10.9. The van der Waals surface area contributed by atoms with E-state index >= 15 is 0 Å². The van der Waals surface area contributed by atoms with E-state index in [4.69, 9.17) is 11.6 Å². The number of rotatable bonds is 7. The molecule has 0 radical (unpaired) electrons. The Kier molecular flexibility index (Phi) is 7.17. The number of nitrogens with one attached hydrogen (secondary N) is 1. The van der Waals surface area contributed by atoms with Crippen LogP contribution in [0.5, 0.6) is 0 Å². The number of hydrogen-bond donors (Lipinski definition) is 1. The second-order valence-electron chi connectivity index (χ2n) is 8.19. The van der Waals surface area contributed by atoms with E-state index in [1.165, 1.54) is 4.31 Å². The van der Waals surface area contributed by atoms with Gasteiger partial charge in [-0.1, -0.05) is 41.9 Å². The number of amides is 1.